The minimum absolute atomic E-state index is 0.591. The number of hydrogen-bond donors (Lipinski definition) is 0. The number of aryl methyl sites for hydroxylation is 1. The van der Waals surface area contributed by atoms with E-state index < -0.39 is 0 Å². The zero-order valence-electron chi connectivity index (χ0n) is 10.1. The van der Waals surface area contributed by atoms with Gasteiger partial charge in [-0.25, -0.2) is 4.68 Å². The van der Waals surface area contributed by atoms with Gasteiger partial charge in [0.15, 0.2) is 5.82 Å². The van der Waals surface area contributed by atoms with Gasteiger partial charge < -0.3 is 4.74 Å². The Balaban J connectivity index is 2.45. The number of rotatable bonds is 3. The lowest BCUT2D eigenvalue weighted by atomic mass is 10.4. The van der Waals surface area contributed by atoms with Gasteiger partial charge in [-0.2, -0.15) is 10.1 Å². The number of ether oxygens (including phenoxy) is 1. The van der Waals surface area contributed by atoms with Crippen molar-refractivity contribution >= 4 is 11.6 Å². The average Bonchev–Trinajstić information content (AvgIpc) is 2.58. The fourth-order valence-electron chi connectivity index (χ4n) is 1.60. The molecule has 2 aromatic heterocycles. The van der Waals surface area contributed by atoms with Crippen LogP contribution in [0.4, 0.5) is 0 Å². The van der Waals surface area contributed by atoms with Crippen molar-refractivity contribution in [1.29, 1.82) is 0 Å². The second-order valence-corrected chi connectivity index (χ2v) is 4.04. The Morgan fingerprint density at radius 2 is 2.12 bits per heavy atom. The number of nitrogens with zero attached hydrogens (tertiary/aromatic N) is 3. The molecule has 2 heterocycles. The van der Waals surface area contributed by atoms with Crippen molar-refractivity contribution in [2.45, 2.75) is 20.8 Å². The molecule has 0 unspecified atom stereocenters. The van der Waals surface area contributed by atoms with E-state index in [1.165, 1.54) is 0 Å². The van der Waals surface area contributed by atoms with Crippen molar-refractivity contribution in [2.75, 3.05) is 6.61 Å². The van der Waals surface area contributed by atoms with Gasteiger partial charge in [-0.3, -0.25) is 0 Å². The van der Waals surface area contributed by atoms with Crippen molar-refractivity contribution in [2.24, 2.45) is 0 Å². The van der Waals surface area contributed by atoms with Gasteiger partial charge in [0.2, 0.25) is 5.88 Å². The van der Waals surface area contributed by atoms with Gasteiger partial charge in [0, 0.05) is 6.07 Å². The number of pyridine rings is 1. The summed E-state index contributed by atoms with van der Waals surface area (Å²) in [7, 11) is 0. The quantitative estimate of drug-likeness (QED) is 0.842. The molecule has 0 N–H and O–H groups in total. The Morgan fingerprint density at radius 1 is 1.35 bits per heavy atom. The molecule has 5 heteroatoms. The number of aromatic nitrogens is 3. The van der Waals surface area contributed by atoms with Gasteiger partial charge in [0.1, 0.15) is 0 Å². The third-order valence-electron chi connectivity index (χ3n) is 2.42. The molecular weight excluding hydrogens is 238 g/mol. The van der Waals surface area contributed by atoms with Gasteiger partial charge in [-0.05, 0) is 26.8 Å². The molecule has 0 bridgehead atoms. The third-order valence-corrected chi connectivity index (χ3v) is 2.97. The van der Waals surface area contributed by atoms with Crippen molar-refractivity contribution < 1.29 is 4.74 Å². The zero-order valence-corrected chi connectivity index (χ0v) is 10.8. The fourth-order valence-corrected chi connectivity index (χ4v) is 1.71. The van der Waals surface area contributed by atoms with E-state index in [-0.39, 0.29) is 0 Å². The summed E-state index contributed by atoms with van der Waals surface area (Å²) in [6.07, 6.45) is 0. The Labute approximate surface area is 105 Å². The summed E-state index contributed by atoms with van der Waals surface area (Å²) in [6, 6.07) is 5.58. The lowest BCUT2D eigenvalue weighted by Crippen LogP contribution is -2.03. The predicted molar refractivity (Wildman–Crippen MR) is 67.0 cm³/mol. The van der Waals surface area contributed by atoms with Crippen LogP contribution in [0.3, 0.4) is 0 Å². The van der Waals surface area contributed by atoms with E-state index in [2.05, 4.69) is 10.1 Å². The van der Waals surface area contributed by atoms with Crippen LogP contribution in [0, 0.1) is 13.8 Å². The summed E-state index contributed by atoms with van der Waals surface area (Å²) < 4.78 is 7.08. The van der Waals surface area contributed by atoms with Crippen LogP contribution in [0.25, 0.3) is 5.82 Å². The van der Waals surface area contributed by atoms with E-state index >= 15 is 0 Å². The van der Waals surface area contributed by atoms with E-state index in [1.54, 1.807) is 4.68 Å². The first-order valence-electron chi connectivity index (χ1n) is 5.45. The molecule has 0 aliphatic rings. The lowest BCUT2D eigenvalue weighted by Gasteiger charge is -2.06. The van der Waals surface area contributed by atoms with Gasteiger partial charge in [-0.1, -0.05) is 17.7 Å². The maximum absolute atomic E-state index is 6.11. The molecule has 2 aromatic rings. The van der Waals surface area contributed by atoms with Gasteiger partial charge >= 0.3 is 0 Å². The van der Waals surface area contributed by atoms with E-state index in [4.69, 9.17) is 16.3 Å². The van der Waals surface area contributed by atoms with E-state index in [0.29, 0.717) is 23.3 Å². The fraction of sp³-hybridized carbons (Fsp3) is 0.333. The highest BCUT2D eigenvalue weighted by molar-refractivity contribution is 6.31. The molecule has 0 spiro atoms. The van der Waals surface area contributed by atoms with Crippen molar-refractivity contribution in [3.8, 4) is 11.7 Å². The molecular formula is C12H14ClN3O. The molecule has 0 atom stereocenters. The topological polar surface area (TPSA) is 39.9 Å². The maximum Gasteiger partial charge on any atom is 0.215 e. The summed E-state index contributed by atoms with van der Waals surface area (Å²) >= 11 is 6.11. The standard InChI is InChI=1S/C12H14ClN3O/c1-4-17-11-7-5-6-10(14-11)16-9(3)12(13)8(2)15-16/h5-7H,4H2,1-3H3. The second-order valence-electron chi connectivity index (χ2n) is 3.66. The molecule has 0 saturated carbocycles. The molecule has 0 amide bonds. The van der Waals surface area contributed by atoms with Crippen LogP contribution in [0.5, 0.6) is 5.88 Å². The van der Waals surface area contributed by atoms with Crippen LogP contribution in [-0.4, -0.2) is 21.4 Å². The highest BCUT2D eigenvalue weighted by atomic mass is 35.5. The van der Waals surface area contributed by atoms with E-state index in [9.17, 15) is 0 Å². The maximum atomic E-state index is 6.11. The smallest absolute Gasteiger partial charge is 0.215 e. The molecule has 0 saturated heterocycles. The summed E-state index contributed by atoms with van der Waals surface area (Å²) in [5.74, 6) is 1.30. The molecule has 0 aliphatic heterocycles. The largest absolute Gasteiger partial charge is 0.478 e. The molecule has 0 fully saturated rings. The first-order chi connectivity index (χ1) is 8.13. The Bertz CT molecular complexity index is 537. The van der Waals surface area contributed by atoms with Gasteiger partial charge in [0.25, 0.3) is 0 Å². The normalized spacial score (nSPS) is 10.6. The van der Waals surface area contributed by atoms with Gasteiger partial charge in [0.05, 0.1) is 23.0 Å². The van der Waals surface area contributed by atoms with Crippen molar-refractivity contribution in [1.82, 2.24) is 14.8 Å². The molecule has 0 aromatic carbocycles. The molecule has 90 valence electrons. The van der Waals surface area contributed by atoms with Crippen LogP contribution in [0.15, 0.2) is 18.2 Å². The van der Waals surface area contributed by atoms with Crippen LogP contribution >= 0.6 is 11.6 Å². The van der Waals surface area contributed by atoms with E-state index in [1.807, 2.05) is 39.0 Å². The minimum Gasteiger partial charge on any atom is -0.478 e. The highest BCUT2D eigenvalue weighted by Gasteiger charge is 2.11. The summed E-state index contributed by atoms with van der Waals surface area (Å²) in [4.78, 5) is 4.37. The van der Waals surface area contributed by atoms with Crippen molar-refractivity contribution in [3.63, 3.8) is 0 Å². The highest BCUT2D eigenvalue weighted by Crippen LogP contribution is 2.22. The zero-order chi connectivity index (χ0) is 12.4. The van der Waals surface area contributed by atoms with Crippen LogP contribution in [0.1, 0.15) is 18.3 Å². The number of halogens is 1. The molecule has 0 aliphatic carbocycles. The van der Waals surface area contributed by atoms with Gasteiger partial charge in [-0.15, -0.1) is 0 Å². The first-order valence-corrected chi connectivity index (χ1v) is 5.83. The Kier molecular flexibility index (Phi) is 3.33. The predicted octanol–water partition coefficient (Wildman–Crippen LogP) is 2.94. The molecule has 0 radical (unpaired) electrons. The third kappa shape index (κ3) is 2.26. The van der Waals surface area contributed by atoms with Crippen LogP contribution in [-0.2, 0) is 0 Å². The first kappa shape index (κ1) is 11.9. The SMILES string of the molecule is CCOc1cccc(-n2nc(C)c(Cl)c2C)n1. The Morgan fingerprint density at radius 3 is 2.71 bits per heavy atom. The Hall–Kier alpha value is -1.55. The van der Waals surface area contributed by atoms with Crippen LogP contribution in [0.2, 0.25) is 5.02 Å². The summed E-state index contributed by atoms with van der Waals surface area (Å²) in [5.41, 5.74) is 1.68. The minimum atomic E-state index is 0.591. The molecule has 2 rings (SSSR count). The monoisotopic (exact) mass is 251 g/mol. The lowest BCUT2D eigenvalue weighted by molar-refractivity contribution is 0.326. The van der Waals surface area contributed by atoms with Crippen LogP contribution < -0.4 is 4.74 Å². The summed E-state index contributed by atoms with van der Waals surface area (Å²) in [6.45, 7) is 6.30. The molecule has 17 heavy (non-hydrogen) atoms. The average molecular weight is 252 g/mol. The number of hydrogen-bond acceptors (Lipinski definition) is 3. The van der Waals surface area contributed by atoms with Crippen molar-refractivity contribution in [3.05, 3.63) is 34.6 Å². The molecule has 4 nitrogen and oxygen atoms in total. The summed E-state index contributed by atoms with van der Waals surface area (Å²) in [5, 5.41) is 5.02. The van der Waals surface area contributed by atoms with E-state index in [0.717, 1.165) is 11.4 Å². The second kappa shape index (κ2) is 4.75.